The van der Waals surface area contributed by atoms with Crippen molar-refractivity contribution in [3.63, 3.8) is 0 Å². The van der Waals surface area contributed by atoms with Gasteiger partial charge in [0.2, 0.25) is 5.91 Å². The van der Waals surface area contributed by atoms with E-state index in [1.54, 1.807) is 0 Å². The van der Waals surface area contributed by atoms with Gasteiger partial charge in [-0.15, -0.1) is 0 Å². The third kappa shape index (κ3) is 4.09. The SMILES string of the molecule is CC1CCN(c2ccc(NC(=O)C(c3ccccc3)c3ccccc3)cc2)C1. The summed E-state index contributed by atoms with van der Waals surface area (Å²) in [6, 6.07) is 28.1. The van der Waals surface area contributed by atoms with Gasteiger partial charge >= 0.3 is 0 Å². The molecular weight excluding hydrogens is 344 g/mol. The normalized spacial score (nSPS) is 16.4. The van der Waals surface area contributed by atoms with Crippen LogP contribution in [-0.2, 0) is 4.79 Å². The van der Waals surface area contributed by atoms with E-state index in [0.717, 1.165) is 35.8 Å². The smallest absolute Gasteiger partial charge is 0.236 e. The minimum absolute atomic E-state index is 0.0139. The molecule has 1 unspecified atom stereocenters. The van der Waals surface area contributed by atoms with Crippen LogP contribution in [0.2, 0.25) is 0 Å². The number of nitrogens with one attached hydrogen (secondary N) is 1. The average Bonchev–Trinajstić information content (AvgIpc) is 3.17. The van der Waals surface area contributed by atoms with Crippen molar-refractivity contribution < 1.29 is 4.79 Å². The fourth-order valence-electron chi connectivity index (χ4n) is 3.93. The van der Waals surface area contributed by atoms with Crippen molar-refractivity contribution in [1.82, 2.24) is 0 Å². The Labute approximate surface area is 167 Å². The maximum absolute atomic E-state index is 13.2. The second-order valence-corrected chi connectivity index (χ2v) is 7.63. The van der Waals surface area contributed by atoms with E-state index in [-0.39, 0.29) is 11.8 Å². The Morgan fingerprint density at radius 1 is 0.893 bits per heavy atom. The summed E-state index contributed by atoms with van der Waals surface area (Å²) in [7, 11) is 0. The van der Waals surface area contributed by atoms with Crippen LogP contribution < -0.4 is 10.2 Å². The number of hydrogen-bond donors (Lipinski definition) is 1. The largest absolute Gasteiger partial charge is 0.371 e. The first-order chi connectivity index (χ1) is 13.7. The predicted octanol–water partition coefficient (Wildman–Crippen LogP) is 5.30. The zero-order chi connectivity index (χ0) is 19.3. The first kappa shape index (κ1) is 18.3. The van der Waals surface area contributed by atoms with E-state index in [2.05, 4.69) is 29.3 Å². The number of anilines is 2. The van der Waals surface area contributed by atoms with Crippen LogP contribution in [0, 0.1) is 5.92 Å². The molecule has 1 atom stereocenters. The summed E-state index contributed by atoms with van der Waals surface area (Å²) >= 11 is 0. The minimum Gasteiger partial charge on any atom is -0.371 e. The van der Waals surface area contributed by atoms with Crippen LogP contribution >= 0.6 is 0 Å². The van der Waals surface area contributed by atoms with Crippen molar-refractivity contribution in [3.8, 4) is 0 Å². The molecule has 142 valence electrons. The van der Waals surface area contributed by atoms with Gasteiger partial charge in [-0.05, 0) is 47.7 Å². The number of carbonyl (C=O) groups excluding carboxylic acids is 1. The first-order valence-electron chi connectivity index (χ1n) is 9.96. The molecule has 0 bridgehead atoms. The van der Waals surface area contributed by atoms with Crippen molar-refractivity contribution in [2.45, 2.75) is 19.3 Å². The number of hydrogen-bond acceptors (Lipinski definition) is 2. The number of nitrogens with zero attached hydrogens (tertiary/aromatic N) is 1. The fourth-order valence-corrected chi connectivity index (χ4v) is 3.93. The van der Waals surface area contributed by atoms with Gasteiger partial charge in [-0.2, -0.15) is 0 Å². The van der Waals surface area contributed by atoms with Crippen LogP contribution in [0.3, 0.4) is 0 Å². The maximum Gasteiger partial charge on any atom is 0.236 e. The average molecular weight is 370 g/mol. The summed E-state index contributed by atoms with van der Waals surface area (Å²) in [5, 5.41) is 3.11. The third-order valence-corrected chi connectivity index (χ3v) is 5.45. The van der Waals surface area contributed by atoms with E-state index >= 15 is 0 Å². The van der Waals surface area contributed by atoms with Crippen molar-refractivity contribution in [3.05, 3.63) is 96.1 Å². The van der Waals surface area contributed by atoms with Gasteiger partial charge in [-0.25, -0.2) is 0 Å². The van der Waals surface area contributed by atoms with E-state index in [1.807, 2.05) is 72.8 Å². The summed E-state index contributed by atoms with van der Waals surface area (Å²) in [5.41, 5.74) is 4.05. The number of benzene rings is 3. The highest BCUT2D eigenvalue weighted by Crippen LogP contribution is 2.28. The molecule has 0 saturated carbocycles. The summed E-state index contributed by atoms with van der Waals surface area (Å²) in [6.45, 7) is 4.51. The molecule has 1 N–H and O–H groups in total. The molecule has 3 aromatic rings. The molecule has 0 spiro atoms. The monoisotopic (exact) mass is 370 g/mol. The Kier molecular flexibility index (Phi) is 5.43. The lowest BCUT2D eigenvalue weighted by Crippen LogP contribution is -2.22. The van der Waals surface area contributed by atoms with Crippen LogP contribution in [0.1, 0.15) is 30.4 Å². The van der Waals surface area contributed by atoms with Crippen LogP contribution in [0.15, 0.2) is 84.9 Å². The highest BCUT2D eigenvalue weighted by atomic mass is 16.1. The molecule has 1 aliphatic heterocycles. The molecule has 0 aliphatic carbocycles. The Hall–Kier alpha value is -3.07. The molecule has 0 aromatic heterocycles. The molecule has 1 aliphatic rings. The van der Waals surface area contributed by atoms with E-state index in [4.69, 9.17) is 0 Å². The quantitative estimate of drug-likeness (QED) is 0.661. The second kappa shape index (κ2) is 8.30. The van der Waals surface area contributed by atoms with Crippen LogP contribution in [-0.4, -0.2) is 19.0 Å². The highest BCUT2D eigenvalue weighted by Gasteiger charge is 2.23. The fraction of sp³-hybridized carbons (Fsp3) is 0.240. The number of carbonyl (C=O) groups is 1. The summed E-state index contributed by atoms with van der Waals surface area (Å²) in [6.07, 6.45) is 1.24. The predicted molar refractivity (Wildman–Crippen MR) is 116 cm³/mol. The molecule has 1 amide bonds. The van der Waals surface area contributed by atoms with Gasteiger partial charge in [0.1, 0.15) is 0 Å². The van der Waals surface area contributed by atoms with Gasteiger partial charge in [0.05, 0.1) is 5.92 Å². The van der Waals surface area contributed by atoms with Gasteiger partial charge in [0.25, 0.3) is 0 Å². The molecule has 1 heterocycles. The molecule has 4 rings (SSSR count). The van der Waals surface area contributed by atoms with Crippen molar-refractivity contribution >= 4 is 17.3 Å². The zero-order valence-corrected chi connectivity index (χ0v) is 16.2. The maximum atomic E-state index is 13.2. The molecule has 3 aromatic carbocycles. The van der Waals surface area contributed by atoms with Crippen LogP contribution in [0.4, 0.5) is 11.4 Å². The standard InChI is InChI=1S/C25H26N2O/c1-19-16-17-27(18-19)23-14-12-22(13-15-23)26-25(28)24(20-8-4-2-5-9-20)21-10-6-3-7-11-21/h2-15,19,24H,16-18H2,1H3,(H,26,28). The second-order valence-electron chi connectivity index (χ2n) is 7.63. The topological polar surface area (TPSA) is 32.3 Å². The zero-order valence-electron chi connectivity index (χ0n) is 16.2. The molecular formula is C25H26N2O. The van der Waals surface area contributed by atoms with Crippen molar-refractivity contribution in [2.24, 2.45) is 5.92 Å². The highest BCUT2D eigenvalue weighted by molar-refractivity contribution is 5.98. The molecule has 3 heteroatoms. The minimum atomic E-state index is -0.332. The number of rotatable bonds is 5. The number of amides is 1. The molecule has 1 saturated heterocycles. The lowest BCUT2D eigenvalue weighted by Gasteiger charge is -2.20. The van der Waals surface area contributed by atoms with E-state index < -0.39 is 0 Å². The van der Waals surface area contributed by atoms with Crippen molar-refractivity contribution in [1.29, 1.82) is 0 Å². The van der Waals surface area contributed by atoms with Gasteiger partial charge < -0.3 is 10.2 Å². The van der Waals surface area contributed by atoms with E-state index in [1.165, 1.54) is 12.1 Å². The van der Waals surface area contributed by atoms with E-state index in [0.29, 0.717) is 0 Å². The van der Waals surface area contributed by atoms with Gasteiger partial charge in [0.15, 0.2) is 0 Å². The molecule has 1 fully saturated rings. The first-order valence-corrected chi connectivity index (χ1v) is 9.96. The Morgan fingerprint density at radius 3 is 1.96 bits per heavy atom. The Bertz CT molecular complexity index is 867. The Balaban J connectivity index is 1.53. The molecule has 3 nitrogen and oxygen atoms in total. The van der Waals surface area contributed by atoms with Gasteiger partial charge in [0, 0.05) is 24.5 Å². The summed E-state index contributed by atoms with van der Waals surface area (Å²) < 4.78 is 0. The summed E-state index contributed by atoms with van der Waals surface area (Å²) in [4.78, 5) is 15.6. The lowest BCUT2D eigenvalue weighted by atomic mass is 9.90. The van der Waals surface area contributed by atoms with Crippen molar-refractivity contribution in [2.75, 3.05) is 23.3 Å². The van der Waals surface area contributed by atoms with Crippen LogP contribution in [0.5, 0.6) is 0 Å². The lowest BCUT2D eigenvalue weighted by molar-refractivity contribution is -0.116. The van der Waals surface area contributed by atoms with E-state index in [9.17, 15) is 4.79 Å². The molecule has 28 heavy (non-hydrogen) atoms. The summed E-state index contributed by atoms with van der Waals surface area (Å²) in [5.74, 6) is 0.401. The third-order valence-electron chi connectivity index (χ3n) is 5.45. The molecule has 0 radical (unpaired) electrons. The Morgan fingerprint density at radius 2 is 1.46 bits per heavy atom. The van der Waals surface area contributed by atoms with Gasteiger partial charge in [-0.3, -0.25) is 4.79 Å². The van der Waals surface area contributed by atoms with Gasteiger partial charge in [-0.1, -0.05) is 67.6 Å². The van der Waals surface area contributed by atoms with Crippen LogP contribution in [0.25, 0.3) is 0 Å².